The van der Waals surface area contributed by atoms with Gasteiger partial charge in [0.05, 0.1) is 6.10 Å². The third-order valence-corrected chi connectivity index (χ3v) is 3.94. The van der Waals surface area contributed by atoms with Crippen LogP contribution in [-0.2, 0) is 0 Å². The predicted octanol–water partition coefficient (Wildman–Crippen LogP) is 3.45. The number of hydrogen-bond acceptors (Lipinski definition) is 1. The van der Waals surface area contributed by atoms with Gasteiger partial charge in [-0.25, -0.2) is 0 Å². The SMILES string of the molecule is CC(C)=CC1CCC(C)=C2CCC(O)C21. The zero-order valence-corrected chi connectivity index (χ0v) is 10.1. The molecule has 0 bridgehead atoms. The van der Waals surface area contributed by atoms with Gasteiger partial charge in [-0.15, -0.1) is 0 Å². The molecule has 0 saturated heterocycles. The van der Waals surface area contributed by atoms with E-state index in [1.54, 1.807) is 11.1 Å². The lowest BCUT2D eigenvalue weighted by molar-refractivity contribution is 0.116. The monoisotopic (exact) mass is 206 g/mol. The van der Waals surface area contributed by atoms with E-state index in [0.29, 0.717) is 11.8 Å². The quantitative estimate of drug-likeness (QED) is 0.651. The molecule has 0 amide bonds. The minimum absolute atomic E-state index is 0.0872. The third-order valence-electron chi connectivity index (χ3n) is 3.94. The Morgan fingerprint density at radius 2 is 2.00 bits per heavy atom. The van der Waals surface area contributed by atoms with Crippen LogP contribution < -0.4 is 0 Å². The van der Waals surface area contributed by atoms with E-state index in [0.717, 1.165) is 12.8 Å². The van der Waals surface area contributed by atoms with E-state index in [9.17, 15) is 5.11 Å². The molecule has 1 fully saturated rings. The lowest BCUT2D eigenvalue weighted by Gasteiger charge is -2.31. The lowest BCUT2D eigenvalue weighted by Crippen LogP contribution is -2.26. The van der Waals surface area contributed by atoms with Gasteiger partial charge in [-0.2, -0.15) is 0 Å². The van der Waals surface area contributed by atoms with Crippen molar-refractivity contribution >= 4 is 0 Å². The van der Waals surface area contributed by atoms with Crippen LogP contribution in [-0.4, -0.2) is 11.2 Å². The largest absolute Gasteiger partial charge is 0.392 e. The first kappa shape index (κ1) is 10.9. The summed E-state index contributed by atoms with van der Waals surface area (Å²) < 4.78 is 0. The highest BCUT2D eigenvalue weighted by atomic mass is 16.3. The average Bonchev–Trinajstić information content (AvgIpc) is 2.54. The van der Waals surface area contributed by atoms with Gasteiger partial charge in [-0.05, 0) is 52.4 Å². The van der Waals surface area contributed by atoms with Crippen molar-refractivity contribution in [2.24, 2.45) is 11.8 Å². The Labute approximate surface area is 92.9 Å². The minimum Gasteiger partial charge on any atom is -0.392 e. The maximum atomic E-state index is 10.1. The van der Waals surface area contributed by atoms with Crippen molar-refractivity contribution in [2.75, 3.05) is 0 Å². The Kier molecular flexibility index (Phi) is 3.01. The van der Waals surface area contributed by atoms with Crippen molar-refractivity contribution in [1.29, 1.82) is 0 Å². The summed E-state index contributed by atoms with van der Waals surface area (Å²) >= 11 is 0. The summed E-state index contributed by atoms with van der Waals surface area (Å²) in [6.07, 6.45) is 6.84. The van der Waals surface area contributed by atoms with Gasteiger partial charge in [0.1, 0.15) is 0 Å². The van der Waals surface area contributed by atoms with Gasteiger partial charge in [0, 0.05) is 5.92 Å². The fourth-order valence-electron chi connectivity index (χ4n) is 3.26. The van der Waals surface area contributed by atoms with Crippen molar-refractivity contribution in [1.82, 2.24) is 0 Å². The standard InChI is InChI=1S/C14H22O/c1-9(2)8-11-5-4-10(3)12-6-7-13(15)14(11)12/h8,11,13-15H,4-7H2,1-3H3. The zero-order valence-electron chi connectivity index (χ0n) is 10.1. The fourth-order valence-corrected chi connectivity index (χ4v) is 3.26. The molecule has 0 aromatic carbocycles. The van der Waals surface area contributed by atoms with Gasteiger partial charge < -0.3 is 5.11 Å². The fraction of sp³-hybridized carbons (Fsp3) is 0.714. The molecule has 1 heteroatoms. The average molecular weight is 206 g/mol. The molecule has 0 aromatic heterocycles. The zero-order chi connectivity index (χ0) is 11.0. The van der Waals surface area contributed by atoms with Gasteiger partial charge in [-0.1, -0.05) is 22.8 Å². The highest BCUT2D eigenvalue weighted by molar-refractivity contribution is 5.27. The van der Waals surface area contributed by atoms with Crippen LogP contribution in [0, 0.1) is 11.8 Å². The summed E-state index contributed by atoms with van der Waals surface area (Å²) in [5.41, 5.74) is 4.50. The molecule has 1 saturated carbocycles. The van der Waals surface area contributed by atoms with Crippen molar-refractivity contribution in [3.8, 4) is 0 Å². The van der Waals surface area contributed by atoms with E-state index < -0.39 is 0 Å². The van der Waals surface area contributed by atoms with Gasteiger partial charge >= 0.3 is 0 Å². The smallest absolute Gasteiger partial charge is 0.0614 e. The van der Waals surface area contributed by atoms with Gasteiger partial charge in [0.25, 0.3) is 0 Å². The lowest BCUT2D eigenvalue weighted by atomic mass is 9.75. The Balaban J connectivity index is 2.28. The first-order valence-corrected chi connectivity index (χ1v) is 6.11. The molecule has 1 N–H and O–H groups in total. The van der Waals surface area contributed by atoms with Gasteiger partial charge in [0.2, 0.25) is 0 Å². The molecule has 2 rings (SSSR count). The Bertz CT molecular complexity index is 307. The van der Waals surface area contributed by atoms with Crippen LogP contribution in [0.5, 0.6) is 0 Å². The molecule has 3 unspecified atom stereocenters. The molecule has 0 aliphatic heterocycles. The summed E-state index contributed by atoms with van der Waals surface area (Å²) in [4.78, 5) is 0. The number of allylic oxidation sites excluding steroid dienone is 3. The van der Waals surface area contributed by atoms with Crippen LogP contribution in [0.15, 0.2) is 22.8 Å². The molecular formula is C14H22O. The van der Waals surface area contributed by atoms with Crippen LogP contribution >= 0.6 is 0 Å². The predicted molar refractivity (Wildman–Crippen MR) is 63.6 cm³/mol. The number of rotatable bonds is 1. The second-order valence-corrected chi connectivity index (χ2v) is 5.38. The summed E-state index contributed by atoms with van der Waals surface area (Å²) in [6.45, 7) is 6.57. The molecule has 1 nitrogen and oxygen atoms in total. The summed E-state index contributed by atoms with van der Waals surface area (Å²) in [5.74, 6) is 1.03. The van der Waals surface area contributed by atoms with E-state index in [1.807, 2.05) is 0 Å². The first-order chi connectivity index (χ1) is 7.09. The molecule has 0 aromatic rings. The second-order valence-electron chi connectivity index (χ2n) is 5.38. The topological polar surface area (TPSA) is 20.2 Å². The normalized spacial score (nSPS) is 35.3. The number of aliphatic hydroxyl groups is 1. The molecule has 2 aliphatic rings. The van der Waals surface area contributed by atoms with Gasteiger partial charge in [0.15, 0.2) is 0 Å². The maximum Gasteiger partial charge on any atom is 0.0614 e. The third kappa shape index (κ3) is 2.03. The molecule has 2 aliphatic carbocycles. The summed E-state index contributed by atoms with van der Waals surface area (Å²) in [6, 6.07) is 0. The summed E-state index contributed by atoms with van der Waals surface area (Å²) in [7, 11) is 0. The second kappa shape index (κ2) is 4.13. The van der Waals surface area contributed by atoms with E-state index >= 15 is 0 Å². The maximum absolute atomic E-state index is 10.1. The van der Waals surface area contributed by atoms with Crippen molar-refractivity contribution in [3.05, 3.63) is 22.8 Å². The van der Waals surface area contributed by atoms with E-state index in [4.69, 9.17) is 0 Å². The number of fused-ring (bicyclic) bond motifs is 1. The van der Waals surface area contributed by atoms with Crippen LogP contribution in [0.4, 0.5) is 0 Å². The molecule has 0 spiro atoms. The Hall–Kier alpha value is -0.560. The molecule has 0 radical (unpaired) electrons. The van der Waals surface area contributed by atoms with Crippen LogP contribution in [0.25, 0.3) is 0 Å². The van der Waals surface area contributed by atoms with E-state index in [-0.39, 0.29) is 6.10 Å². The van der Waals surface area contributed by atoms with Gasteiger partial charge in [-0.3, -0.25) is 0 Å². The van der Waals surface area contributed by atoms with Crippen LogP contribution in [0.2, 0.25) is 0 Å². The molecule has 84 valence electrons. The van der Waals surface area contributed by atoms with Crippen LogP contribution in [0.3, 0.4) is 0 Å². The van der Waals surface area contributed by atoms with E-state index in [2.05, 4.69) is 26.8 Å². The Morgan fingerprint density at radius 3 is 2.67 bits per heavy atom. The van der Waals surface area contributed by atoms with Crippen molar-refractivity contribution < 1.29 is 5.11 Å². The van der Waals surface area contributed by atoms with Crippen molar-refractivity contribution in [2.45, 2.75) is 52.6 Å². The number of aliphatic hydroxyl groups excluding tert-OH is 1. The minimum atomic E-state index is -0.0872. The molecule has 0 heterocycles. The molecular weight excluding hydrogens is 184 g/mol. The Morgan fingerprint density at radius 1 is 1.27 bits per heavy atom. The number of hydrogen-bond donors (Lipinski definition) is 1. The highest BCUT2D eigenvalue weighted by Crippen LogP contribution is 2.45. The highest BCUT2D eigenvalue weighted by Gasteiger charge is 2.38. The van der Waals surface area contributed by atoms with E-state index in [1.165, 1.54) is 18.4 Å². The first-order valence-electron chi connectivity index (χ1n) is 6.11. The molecule has 15 heavy (non-hydrogen) atoms. The summed E-state index contributed by atoms with van der Waals surface area (Å²) in [5, 5.41) is 10.1. The van der Waals surface area contributed by atoms with Crippen LogP contribution in [0.1, 0.15) is 46.5 Å². The van der Waals surface area contributed by atoms with Crippen molar-refractivity contribution in [3.63, 3.8) is 0 Å². The molecule has 3 atom stereocenters.